The summed E-state index contributed by atoms with van der Waals surface area (Å²) in [6.07, 6.45) is 7.60. The van der Waals surface area contributed by atoms with E-state index in [2.05, 4.69) is 21.3 Å². The molecule has 21 heteroatoms. The molecule has 3 saturated heterocycles. The molecule has 0 saturated carbocycles. The average molecular weight is 850 g/mol. The normalized spacial score (nSPS) is 20.9. The summed E-state index contributed by atoms with van der Waals surface area (Å²) in [6.45, 7) is 2.33. The van der Waals surface area contributed by atoms with Gasteiger partial charge in [0.2, 0.25) is 35.4 Å². The van der Waals surface area contributed by atoms with E-state index in [-0.39, 0.29) is 50.8 Å². The van der Waals surface area contributed by atoms with Gasteiger partial charge >= 0.3 is 5.97 Å². The van der Waals surface area contributed by atoms with Crippen molar-refractivity contribution in [3.63, 3.8) is 0 Å². The highest BCUT2D eigenvalue weighted by Gasteiger charge is 2.43. The molecule has 16 N–H and O–H groups in total. The minimum atomic E-state index is -1.24. The first kappa shape index (κ1) is 49.8. The maximum absolute atomic E-state index is 14.3. The minimum absolute atomic E-state index is 0.0668. The summed E-state index contributed by atoms with van der Waals surface area (Å²) >= 11 is 0. The quantitative estimate of drug-likeness (QED) is 0.0243. The predicted octanol–water partition coefficient (Wildman–Crippen LogP) is -2.52. The molecular weight excluding hydrogens is 779 g/mol. The maximum Gasteiger partial charge on any atom is 0.326 e. The van der Waals surface area contributed by atoms with E-state index in [4.69, 9.17) is 34.1 Å². The fourth-order valence-corrected chi connectivity index (χ4v) is 8.25. The second-order valence-electron chi connectivity index (χ2n) is 16.0. The zero-order chi connectivity index (χ0) is 44.2. The summed E-state index contributed by atoms with van der Waals surface area (Å²) in [6, 6.07) is -6.70. The standard InChI is InChI=1S/C39H71N13O8/c40-18-4-1-11-25(43)35(56)50-22-8-15-29(50)32(53)47-26(12-2-5-19-41)36(57)51-23-9-16-30(51)33(54)48-27(13-3-6-20-42)37(58)52-24-10-17-31(52)34(55)49-28(38(59)60)14-7-21-46-39(44)45/h25-31H,1-24,40-43H2,(H,47,53)(H,48,54)(H,49,55)(H,59,60)(H4,44,45,46)/t25-,26-,27-,28-,29-,30-,31-/m0/s1. The number of likely N-dealkylation sites (tertiary alicyclic amines) is 3. The highest BCUT2D eigenvalue weighted by atomic mass is 16.4. The van der Waals surface area contributed by atoms with Gasteiger partial charge < -0.3 is 69.7 Å². The number of carboxylic acid groups (broad SMARTS) is 1. The lowest BCUT2D eigenvalue weighted by molar-refractivity contribution is -0.146. The van der Waals surface area contributed by atoms with Crippen molar-refractivity contribution in [2.45, 2.75) is 151 Å². The first-order valence-corrected chi connectivity index (χ1v) is 21.7. The van der Waals surface area contributed by atoms with Crippen LogP contribution >= 0.6 is 0 Å². The van der Waals surface area contributed by atoms with Crippen LogP contribution < -0.4 is 49.9 Å². The van der Waals surface area contributed by atoms with E-state index in [0.29, 0.717) is 110 Å². The van der Waals surface area contributed by atoms with Gasteiger partial charge in [-0.05, 0) is 122 Å². The van der Waals surface area contributed by atoms with Gasteiger partial charge in [0.15, 0.2) is 5.96 Å². The SMILES string of the molecule is N=C(N)NCCC[C@H](NC(=O)[C@@H]1CCCN1C(=O)[C@H](CCCCN)NC(=O)[C@@H]1CCCN1C(=O)[C@H](CCCCN)NC(=O)[C@@H]1CCCN1C(=O)[C@@H](N)CCCCN)C(=O)O. The number of nitrogens with two attached hydrogens (primary N) is 5. The molecule has 3 fully saturated rings. The van der Waals surface area contributed by atoms with Crippen LogP contribution in [-0.4, -0.2) is 155 Å². The van der Waals surface area contributed by atoms with E-state index in [0.717, 1.165) is 6.42 Å². The number of hydrogen-bond acceptors (Lipinski definition) is 12. The molecule has 3 heterocycles. The third kappa shape index (κ3) is 14.8. The Morgan fingerprint density at radius 3 is 1.32 bits per heavy atom. The molecular formula is C39H71N13O8. The number of carboxylic acids is 1. The number of unbranched alkanes of at least 4 members (excludes halogenated alkanes) is 3. The molecule has 0 radical (unpaired) electrons. The van der Waals surface area contributed by atoms with Crippen molar-refractivity contribution in [1.82, 2.24) is 36.0 Å². The van der Waals surface area contributed by atoms with E-state index in [1.165, 1.54) is 14.7 Å². The number of rotatable bonds is 26. The predicted molar refractivity (Wildman–Crippen MR) is 223 cm³/mol. The Hall–Kier alpha value is -4.60. The van der Waals surface area contributed by atoms with E-state index in [1.54, 1.807) is 0 Å². The largest absolute Gasteiger partial charge is 0.480 e. The molecule has 6 amide bonds. The lowest BCUT2D eigenvalue weighted by Crippen LogP contribution is -2.59. The first-order chi connectivity index (χ1) is 28.7. The second-order valence-corrected chi connectivity index (χ2v) is 16.0. The van der Waals surface area contributed by atoms with Gasteiger partial charge in [-0.25, -0.2) is 4.79 Å². The van der Waals surface area contributed by atoms with Gasteiger partial charge in [-0.3, -0.25) is 34.2 Å². The third-order valence-electron chi connectivity index (χ3n) is 11.5. The molecule has 7 atom stereocenters. The molecule has 0 aromatic rings. The Morgan fingerprint density at radius 1 is 0.567 bits per heavy atom. The van der Waals surface area contributed by atoms with Crippen molar-refractivity contribution >= 4 is 47.4 Å². The Bertz CT molecular complexity index is 1470. The van der Waals surface area contributed by atoms with Crippen molar-refractivity contribution in [3.8, 4) is 0 Å². The van der Waals surface area contributed by atoms with Gasteiger partial charge in [0.25, 0.3) is 0 Å². The minimum Gasteiger partial charge on any atom is -0.480 e. The van der Waals surface area contributed by atoms with Crippen LogP contribution in [0.3, 0.4) is 0 Å². The van der Waals surface area contributed by atoms with Crippen molar-refractivity contribution in [2.75, 3.05) is 45.8 Å². The van der Waals surface area contributed by atoms with E-state index >= 15 is 0 Å². The number of nitrogens with one attached hydrogen (secondary N) is 5. The van der Waals surface area contributed by atoms with Gasteiger partial charge in [-0.15, -0.1) is 0 Å². The number of nitrogens with zero attached hydrogens (tertiary/aromatic N) is 3. The van der Waals surface area contributed by atoms with Crippen molar-refractivity contribution < 1.29 is 38.7 Å². The Balaban J connectivity index is 1.73. The number of carbonyl (C=O) groups is 7. The van der Waals surface area contributed by atoms with Gasteiger partial charge in [0.05, 0.1) is 6.04 Å². The Kier molecular flexibility index (Phi) is 21.5. The lowest BCUT2D eigenvalue weighted by Gasteiger charge is -2.33. The summed E-state index contributed by atoms with van der Waals surface area (Å²) in [5, 5.41) is 27.9. The van der Waals surface area contributed by atoms with Crippen LogP contribution in [0, 0.1) is 5.41 Å². The lowest BCUT2D eigenvalue weighted by atomic mass is 10.0. The van der Waals surface area contributed by atoms with Crippen LogP contribution in [0.5, 0.6) is 0 Å². The fraction of sp³-hybridized carbons (Fsp3) is 0.795. The van der Waals surface area contributed by atoms with E-state index in [9.17, 15) is 38.7 Å². The molecule has 0 unspecified atom stereocenters. The maximum atomic E-state index is 14.3. The monoisotopic (exact) mass is 850 g/mol. The number of hydrogen-bond donors (Lipinski definition) is 11. The first-order valence-electron chi connectivity index (χ1n) is 21.7. The molecule has 0 aromatic heterocycles. The van der Waals surface area contributed by atoms with E-state index in [1.807, 2.05) is 0 Å². The molecule has 0 aromatic carbocycles. The molecule has 3 aliphatic rings. The molecule has 0 spiro atoms. The topological polar surface area (TPSA) is 352 Å². The highest BCUT2D eigenvalue weighted by Crippen LogP contribution is 2.24. The fourth-order valence-electron chi connectivity index (χ4n) is 8.25. The molecule has 340 valence electrons. The smallest absolute Gasteiger partial charge is 0.326 e. The van der Waals surface area contributed by atoms with Crippen LogP contribution in [0.25, 0.3) is 0 Å². The van der Waals surface area contributed by atoms with Crippen molar-refractivity contribution in [1.29, 1.82) is 5.41 Å². The highest BCUT2D eigenvalue weighted by molar-refractivity contribution is 5.97. The zero-order valence-corrected chi connectivity index (χ0v) is 35.0. The van der Waals surface area contributed by atoms with Crippen molar-refractivity contribution in [2.24, 2.45) is 28.7 Å². The average Bonchev–Trinajstić information content (AvgIpc) is 4.02. The third-order valence-corrected chi connectivity index (χ3v) is 11.5. The molecule has 0 bridgehead atoms. The Morgan fingerprint density at radius 2 is 0.933 bits per heavy atom. The summed E-state index contributed by atoms with van der Waals surface area (Å²) in [5.74, 6) is -4.37. The number of aliphatic carboxylic acids is 1. The number of amides is 6. The van der Waals surface area contributed by atoms with E-state index < -0.39 is 77.8 Å². The number of carbonyl (C=O) groups excluding carboxylic acids is 6. The molecule has 3 aliphatic heterocycles. The van der Waals surface area contributed by atoms with Crippen LogP contribution in [0.15, 0.2) is 0 Å². The zero-order valence-electron chi connectivity index (χ0n) is 35.0. The molecule has 0 aliphatic carbocycles. The summed E-state index contributed by atoms with van der Waals surface area (Å²) in [5.41, 5.74) is 28.6. The van der Waals surface area contributed by atoms with Crippen LogP contribution in [-0.2, 0) is 33.6 Å². The summed E-state index contributed by atoms with van der Waals surface area (Å²) in [4.78, 5) is 99.3. The van der Waals surface area contributed by atoms with Crippen LogP contribution in [0.1, 0.15) is 109 Å². The molecule has 21 nitrogen and oxygen atoms in total. The van der Waals surface area contributed by atoms with Crippen molar-refractivity contribution in [3.05, 3.63) is 0 Å². The van der Waals surface area contributed by atoms with Gasteiger partial charge in [0, 0.05) is 26.2 Å². The summed E-state index contributed by atoms with van der Waals surface area (Å²) < 4.78 is 0. The second kappa shape index (κ2) is 25.9. The molecule has 3 rings (SSSR count). The van der Waals surface area contributed by atoms with Crippen LogP contribution in [0.4, 0.5) is 0 Å². The summed E-state index contributed by atoms with van der Waals surface area (Å²) in [7, 11) is 0. The van der Waals surface area contributed by atoms with Crippen LogP contribution in [0.2, 0.25) is 0 Å². The van der Waals surface area contributed by atoms with Gasteiger partial charge in [-0.2, -0.15) is 0 Å². The number of guanidine groups is 1. The van der Waals surface area contributed by atoms with Gasteiger partial charge in [-0.1, -0.05) is 6.42 Å². The molecule has 60 heavy (non-hydrogen) atoms. The Labute approximate surface area is 352 Å². The van der Waals surface area contributed by atoms with Gasteiger partial charge in [0.1, 0.15) is 36.3 Å².